The van der Waals surface area contributed by atoms with Crippen LogP contribution >= 0.6 is 0 Å². The third kappa shape index (κ3) is 2.53. The number of nitrogen functional groups attached to an aromatic ring is 1. The van der Waals surface area contributed by atoms with Crippen LogP contribution in [0.15, 0.2) is 36.4 Å². The number of anilines is 1. The summed E-state index contributed by atoms with van der Waals surface area (Å²) < 4.78 is 18.5. The molecule has 0 spiro atoms. The quantitative estimate of drug-likeness (QED) is 0.647. The van der Waals surface area contributed by atoms with Crippen molar-refractivity contribution in [2.75, 3.05) is 5.73 Å². The maximum atomic E-state index is 12.9. The van der Waals surface area contributed by atoms with Crippen molar-refractivity contribution in [1.29, 1.82) is 0 Å². The van der Waals surface area contributed by atoms with Gasteiger partial charge in [-0.05, 0) is 42.3 Å². The van der Waals surface area contributed by atoms with Gasteiger partial charge in [-0.2, -0.15) is 0 Å². The Morgan fingerprint density at radius 1 is 1.28 bits per heavy atom. The number of hydrogen-bond acceptors (Lipinski definition) is 3. The summed E-state index contributed by atoms with van der Waals surface area (Å²) in [6.45, 7) is 2.09. The molecule has 0 saturated carbocycles. The smallest absolute Gasteiger partial charge is 0.146 e. The number of benzene rings is 2. The summed E-state index contributed by atoms with van der Waals surface area (Å²) in [5.74, 6) is 0.134. The number of para-hydroxylation sites is 1. The summed E-state index contributed by atoms with van der Waals surface area (Å²) in [5.41, 5.74) is 7.57. The molecule has 2 aromatic carbocycles. The largest absolute Gasteiger partial charge is 0.506 e. The minimum Gasteiger partial charge on any atom is -0.506 e. The third-order valence-corrected chi connectivity index (χ3v) is 2.73. The summed E-state index contributed by atoms with van der Waals surface area (Å²) in [6, 6.07) is 9.32. The topological polar surface area (TPSA) is 55.5 Å². The van der Waals surface area contributed by atoms with Crippen molar-refractivity contribution in [1.82, 2.24) is 0 Å². The summed E-state index contributed by atoms with van der Waals surface area (Å²) in [5, 5.41) is 9.43. The van der Waals surface area contributed by atoms with Gasteiger partial charge >= 0.3 is 0 Å². The van der Waals surface area contributed by atoms with Crippen molar-refractivity contribution >= 4 is 5.69 Å². The minimum absolute atomic E-state index is 0.0108. The Hall–Kier alpha value is -2.23. The van der Waals surface area contributed by atoms with Crippen LogP contribution in [-0.4, -0.2) is 5.11 Å². The van der Waals surface area contributed by atoms with E-state index in [0.717, 1.165) is 11.1 Å². The molecule has 0 atom stereocenters. The van der Waals surface area contributed by atoms with Crippen molar-refractivity contribution in [2.45, 2.75) is 13.5 Å². The van der Waals surface area contributed by atoms with E-state index in [1.54, 1.807) is 18.2 Å². The lowest BCUT2D eigenvalue weighted by Gasteiger charge is -2.11. The molecule has 3 N–H and O–H groups in total. The lowest BCUT2D eigenvalue weighted by Crippen LogP contribution is -2.00. The van der Waals surface area contributed by atoms with Crippen LogP contribution in [-0.2, 0) is 6.61 Å². The van der Waals surface area contributed by atoms with E-state index in [-0.39, 0.29) is 23.9 Å². The highest BCUT2D eigenvalue weighted by Crippen LogP contribution is 2.30. The van der Waals surface area contributed by atoms with Crippen molar-refractivity contribution in [2.24, 2.45) is 0 Å². The Balaban J connectivity index is 2.14. The van der Waals surface area contributed by atoms with E-state index < -0.39 is 0 Å². The second kappa shape index (κ2) is 4.96. The second-order valence-corrected chi connectivity index (χ2v) is 4.05. The number of aromatic hydroxyl groups is 1. The van der Waals surface area contributed by atoms with Crippen LogP contribution in [0.4, 0.5) is 10.1 Å². The highest BCUT2D eigenvalue weighted by Gasteiger charge is 2.06. The van der Waals surface area contributed by atoms with Crippen LogP contribution in [0.3, 0.4) is 0 Å². The first-order valence-corrected chi connectivity index (χ1v) is 5.53. The van der Waals surface area contributed by atoms with E-state index in [9.17, 15) is 9.50 Å². The predicted octanol–water partition coefficient (Wildman–Crippen LogP) is 3.00. The molecule has 2 rings (SSSR count). The van der Waals surface area contributed by atoms with E-state index in [4.69, 9.17) is 10.5 Å². The zero-order chi connectivity index (χ0) is 13.1. The lowest BCUT2D eigenvalue weighted by atomic mass is 10.1. The van der Waals surface area contributed by atoms with E-state index in [1.165, 1.54) is 18.2 Å². The van der Waals surface area contributed by atoms with Crippen molar-refractivity contribution < 1.29 is 14.2 Å². The van der Waals surface area contributed by atoms with E-state index >= 15 is 0 Å². The number of aryl methyl sites for hydroxylation is 1. The van der Waals surface area contributed by atoms with Gasteiger partial charge in [0, 0.05) is 0 Å². The summed E-state index contributed by atoms with van der Waals surface area (Å²) >= 11 is 0. The SMILES string of the molecule is Cc1cc(F)ccc1COc1cccc(O)c1N. The molecule has 2 aromatic rings. The van der Waals surface area contributed by atoms with Crippen LogP contribution in [0.2, 0.25) is 0 Å². The summed E-state index contributed by atoms with van der Waals surface area (Å²) in [6.07, 6.45) is 0. The molecule has 3 nitrogen and oxygen atoms in total. The molecule has 0 bridgehead atoms. The molecular formula is C14H14FNO2. The summed E-state index contributed by atoms with van der Waals surface area (Å²) in [4.78, 5) is 0. The first-order valence-electron chi connectivity index (χ1n) is 5.53. The minimum atomic E-state index is -0.270. The maximum Gasteiger partial charge on any atom is 0.146 e. The first-order chi connectivity index (χ1) is 8.58. The number of rotatable bonds is 3. The highest BCUT2D eigenvalue weighted by molar-refractivity contribution is 5.61. The Bertz CT molecular complexity index is 570. The molecule has 0 fully saturated rings. The predicted molar refractivity (Wildman–Crippen MR) is 68.0 cm³/mol. The number of phenols is 1. The molecule has 0 heterocycles. The van der Waals surface area contributed by atoms with Gasteiger partial charge in [0.25, 0.3) is 0 Å². The Morgan fingerprint density at radius 3 is 2.78 bits per heavy atom. The third-order valence-electron chi connectivity index (χ3n) is 2.73. The first kappa shape index (κ1) is 12.2. The van der Waals surface area contributed by atoms with Crippen LogP contribution < -0.4 is 10.5 Å². The molecule has 0 aliphatic rings. The fourth-order valence-corrected chi connectivity index (χ4v) is 1.64. The van der Waals surface area contributed by atoms with Gasteiger partial charge in [-0.1, -0.05) is 12.1 Å². The molecule has 0 radical (unpaired) electrons. The van der Waals surface area contributed by atoms with Crippen LogP contribution in [0.1, 0.15) is 11.1 Å². The van der Waals surface area contributed by atoms with Gasteiger partial charge in [-0.3, -0.25) is 0 Å². The average Bonchev–Trinajstić information content (AvgIpc) is 2.33. The molecule has 0 unspecified atom stereocenters. The standard InChI is InChI=1S/C14H14FNO2/c1-9-7-11(15)6-5-10(9)8-18-13-4-2-3-12(17)14(13)16/h2-7,17H,8,16H2,1H3. The number of phenolic OH excluding ortho intramolecular Hbond substituents is 1. The molecule has 0 amide bonds. The summed E-state index contributed by atoms with van der Waals surface area (Å²) in [7, 11) is 0. The highest BCUT2D eigenvalue weighted by atomic mass is 19.1. The van der Waals surface area contributed by atoms with Crippen molar-refractivity contribution in [3.63, 3.8) is 0 Å². The fourth-order valence-electron chi connectivity index (χ4n) is 1.64. The van der Waals surface area contributed by atoms with Crippen LogP contribution in [0, 0.1) is 12.7 Å². The molecule has 18 heavy (non-hydrogen) atoms. The van der Waals surface area contributed by atoms with E-state index in [1.807, 2.05) is 6.92 Å². The Labute approximate surface area is 105 Å². The van der Waals surface area contributed by atoms with E-state index in [0.29, 0.717) is 5.75 Å². The molecule has 0 aliphatic carbocycles. The fraction of sp³-hybridized carbons (Fsp3) is 0.143. The molecule has 94 valence electrons. The van der Waals surface area contributed by atoms with Gasteiger partial charge in [-0.15, -0.1) is 0 Å². The van der Waals surface area contributed by atoms with Gasteiger partial charge in [0.1, 0.15) is 29.6 Å². The molecule has 4 heteroatoms. The van der Waals surface area contributed by atoms with Crippen molar-refractivity contribution in [3.8, 4) is 11.5 Å². The molecule has 0 aliphatic heterocycles. The average molecular weight is 247 g/mol. The lowest BCUT2D eigenvalue weighted by molar-refractivity contribution is 0.305. The van der Waals surface area contributed by atoms with E-state index in [2.05, 4.69) is 0 Å². The van der Waals surface area contributed by atoms with Gasteiger partial charge in [0.2, 0.25) is 0 Å². The Kier molecular flexibility index (Phi) is 3.37. The van der Waals surface area contributed by atoms with Gasteiger partial charge in [0.15, 0.2) is 0 Å². The maximum absolute atomic E-state index is 12.9. The van der Waals surface area contributed by atoms with Crippen molar-refractivity contribution in [3.05, 3.63) is 53.3 Å². The zero-order valence-corrected chi connectivity index (χ0v) is 9.98. The van der Waals surface area contributed by atoms with Gasteiger partial charge < -0.3 is 15.6 Å². The van der Waals surface area contributed by atoms with Crippen LogP contribution in [0.25, 0.3) is 0 Å². The second-order valence-electron chi connectivity index (χ2n) is 4.05. The van der Waals surface area contributed by atoms with Crippen LogP contribution in [0.5, 0.6) is 11.5 Å². The monoisotopic (exact) mass is 247 g/mol. The number of nitrogens with two attached hydrogens (primary N) is 1. The molecule has 0 aromatic heterocycles. The zero-order valence-electron chi connectivity index (χ0n) is 9.98. The van der Waals surface area contributed by atoms with Gasteiger partial charge in [-0.25, -0.2) is 4.39 Å². The van der Waals surface area contributed by atoms with Gasteiger partial charge in [0.05, 0.1) is 0 Å². The number of ether oxygens (including phenoxy) is 1. The number of hydrogen-bond donors (Lipinski definition) is 2. The number of halogens is 1. The Morgan fingerprint density at radius 2 is 2.06 bits per heavy atom. The normalized spacial score (nSPS) is 10.3. The molecule has 0 saturated heterocycles. The molecular weight excluding hydrogens is 233 g/mol.